The van der Waals surface area contributed by atoms with Gasteiger partial charge in [-0.05, 0) is 0 Å². The van der Waals surface area contributed by atoms with Crippen LogP contribution in [0.4, 0.5) is 4.11 Å². The Morgan fingerprint density at radius 2 is 1.34 bits per heavy atom. The topological polar surface area (TPSA) is 18.8 Å². The molecule has 0 aliphatic carbocycles. The second-order valence-electron chi connectivity index (χ2n) is 13.9. The minimum atomic E-state index is -3.57. The summed E-state index contributed by atoms with van der Waals surface area (Å²) in [6, 6.07) is 0. The Bertz CT molecular complexity index is 646. The van der Waals surface area contributed by atoms with E-state index in [2.05, 4.69) is 109 Å². The molecule has 0 amide bonds. The first-order valence-corrected chi connectivity index (χ1v) is 26.9. The second-order valence-corrected chi connectivity index (χ2v) is 38.5. The average molecular weight is 490 g/mol. The lowest BCUT2D eigenvalue weighted by molar-refractivity contribution is 0.343. The summed E-state index contributed by atoms with van der Waals surface area (Å²) in [7, 11) is -10.8. The third kappa shape index (κ3) is 6.12. The van der Waals surface area contributed by atoms with Gasteiger partial charge < -0.3 is 3.90 Å². The van der Waals surface area contributed by atoms with E-state index < -0.39 is 41.3 Å². The molecule has 29 heavy (non-hydrogen) atoms. The summed E-state index contributed by atoms with van der Waals surface area (Å²) in [5.74, 6) is 0. The van der Waals surface area contributed by atoms with Crippen molar-refractivity contribution in [1.29, 1.82) is 0 Å². The maximum Gasteiger partial charge on any atom is 0.443 e. The van der Waals surface area contributed by atoms with Gasteiger partial charge in [0.25, 0.3) is 0 Å². The molecule has 0 fully saturated rings. The Morgan fingerprint density at radius 1 is 0.931 bits per heavy atom. The van der Waals surface area contributed by atoms with Crippen molar-refractivity contribution in [3.05, 3.63) is 11.4 Å². The monoisotopic (exact) mass is 489 g/mol. The first-order valence-electron chi connectivity index (χ1n) is 11.0. The standard InChI is InChI=1S/C20H48FN3Si5/c1-20(2,3)18(17-25(4,5)6)23-22-16-19(26(7,8)9)29(23,21)24(27(10,11)12)28(13,14)15/h16-17,19H,1-15H3/b18-17+. The van der Waals surface area contributed by atoms with Gasteiger partial charge in [0.2, 0.25) is 0 Å². The van der Waals surface area contributed by atoms with Gasteiger partial charge in [0.15, 0.2) is 0 Å². The molecular formula is C20H48FN3Si5. The quantitative estimate of drug-likeness (QED) is 0.289. The van der Waals surface area contributed by atoms with E-state index in [0.29, 0.717) is 0 Å². The predicted octanol–water partition coefficient (Wildman–Crippen LogP) is 7.22. The van der Waals surface area contributed by atoms with Crippen molar-refractivity contribution in [2.45, 2.75) is 104 Å². The molecule has 170 valence electrons. The molecule has 1 aliphatic heterocycles. The summed E-state index contributed by atoms with van der Waals surface area (Å²) in [6.07, 6.45) is 2.02. The first kappa shape index (κ1) is 27.2. The number of rotatable bonds is 6. The number of allylic oxidation sites excluding steroid dienone is 1. The van der Waals surface area contributed by atoms with E-state index in [4.69, 9.17) is 5.10 Å². The largest absolute Gasteiger partial charge is 0.443 e. The molecule has 1 aliphatic rings. The van der Waals surface area contributed by atoms with Gasteiger partial charge in [-0.15, -0.1) is 0 Å². The van der Waals surface area contributed by atoms with Crippen LogP contribution < -0.4 is 0 Å². The lowest BCUT2D eigenvalue weighted by atomic mass is 9.93. The molecule has 0 saturated heterocycles. The Balaban J connectivity index is 3.92. The van der Waals surface area contributed by atoms with Gasteiger partial charge in [-0.2, -0.15) is 5.10 Å². The van der Waals surface area contributed by atoms with Crippen LogP contribution in [0.15, 0.2) is 16.5 Å². The minimum absolute atomic E-state index is 0.0131. The normalized spacial score (nSPS) is 25.3. The van der Waals surface area contributed by atoms with E-state index in [-0.39, 0.29) is 10.6 Å². The van der Waals surface area contributed by atoms with E-state index in [1.54, 1.807) is 0 Å². The SMILES string of the molecule is CC(C)(C)/C(=C\[Si](C)(C)C)N1N=CC([Si](C)(C)C)[Si]1(F)N([Si](C)(C)C)[Si](C)(C)C. The summed E-state index contributed by atoms with van der Waals surface area (Å²) in [5.41, 5.74) is 3.38. The number of hydrazone groups is 1. The van der Waals surface area contributed by atoms with Crippen molar-refractivity contribution >= 4 is 47.6 Å². The van der Waals surface area contributed by atoms with Gasteiger partial charge in [0.1, 0.15) is 16.5 Å². The highest BCUT2D eigenvalue weighted by atomic mass is 28.5. The summed E-state index contributed by atoms with van der Waals surface area (Å²) < 4.78 is 22.6. The van der Waals surface area contributed by atoms with Gasteiger partial charge >= 0.3 is 8.73 Å². The molecule has 0 spiro atoms. The maximum absolute atomic E-state index is 18.1. The van der Waals surface area contributed by atoms with Gasteiger partial charge in [-0.25, -0.2) is 0 Å². The van der Waals surface area contributed by atoms with Gasteiger partial charge in [-0.3, -0.25) is 8.78 Å². The smallest absolute Gasteiger partial charge is 0.324 e. The maximum atomic E-state index is 18.1. The third-order valence-electron chi connectivity index (χ3n) is 5.18. The molecule has 0 radical (unpaired) electrons. The molecule has 2 unspecified atom stereocenters. The van der Waals surface area contributed by atoms with Crippen molar-refractivity contribution in [2.24, 2.45) is 10.5 Å². The lowest BCUT2D eigenvalue weighted by Crippen LogP contribution is -2.77. The summed E-state index contributed by atoms with van der Waals surface area (Å²) in [5, 5.41) is 4.91. The van der Waals surface area contributed by atoms with Crippen LogP contribution >= 0.6 is 0 Å². The van der Waals surface area contributed by atoms with Crippen molar-refractivity contribution in [3.63, 3.8) is 0 Å². The van der Waals surface area contributed by atoms with E-state index >= 15 is 4.11 Å². The van der Waals surface area contributed by atoms with Crippen molar-refractivity contribution in [3.8, 4) is 0 Å². The fourth-order valence-electron chi connectivity index (χ4n) is 4.63. The van der Waals surface area contributed by atoms with Crippen LogP contribution in [0.5, 0.6) is 0 Å². The highest BCUT2D eigenvalue weighted by Gasteiger charge is 2.67. The highest BCUT2D eigenvalue weighted by Crippen LogP contribution is 2.49. The molecule has 1 heterocycles. The van der Waals surface area contributed by atoms with Crippen LogP contribution in [0, 0.1) is 5.41 Å². The molecule has 0 saturated carbocycles. The van der Waals surface area contributed by atoms with Gasteiger partial charge in [0, 0.05) is 22.5 Å². The fourth-order valence-corrected chi connectivity index (χ4v) is 31.5. The molecule has 0 bridgehead atoms. The molecule has 0 aromatic heterocycles. The number of nitrogens with zero attached hydrogens (tertiary/aromatic N) is 3. The van der Waals surface area contributed by atoms with Gasteiger partial charge in [-0.1, -0.05) is 105 Å². The molecule has 0 aromatic carbocycles. The minimum Gasteiger partial charge on any atom is -0.324 e. The Morgan fingerprint density at radius 3 is 1.62 bits per heavy atom. The van der Waals surface area contributed by atoms with Crippen LogP contribution in [-0.4, -0.2) is 56.1 Å². The Kier molecular flexibility index (Phi) is 7.46. The van der Waals surface area contributed by atoms with Crippen LogP contribution in [0.3, 0.4) is 0 Å². The number of hydrogen-bond acceptors (Lipinski definition) is 3. The molecule has 0 N–H and O–H groups in total. The van der Waals surface area contributed by atoms with E-state index in [1.165, 1.54) is 0 Å². The molecule has 0 aromatic rings. The number of halogens is 1. The average Bonchev–Trinajstić information content (AvgIpc) is 2.66. The zero-order valence-corrected chi connectivity index (χ0v) is 27.0. The highest BCUT2D eigenvalue weighted by molar-refractivity contribution is 7.08. The fraction of sp³-hybridized carbons (Fsp3) is 0.850. The molecule has 9 heteroatoms. The zero-order chi connectivity index (χ0) is 23.4. The second kappa shape index (κ2) is 7.95. The van der Waals surface area contributed by atoms with E-state index in [9.17, 15) is 0 Å². The molecule has 1 rings (SSSR count). The van der Waals surface area contributed by atoms with Crippen molar-refractivity contribution < 1.29 is 4.11 Å². The summed E-state index contributed by atoms with van der Waals surface area (Å²) >= 11 is 0. The third-order valence-corrected chi connectivity index (χ3v) is 27.2. The van der Waals surface area contributed by atoms with Crippen LogP contribution in [0.2, 0.25) is 83.7 Å². The van der Waals surface area contributed by atoms with Crippen molar-refractivity contribution in [1.82, 2.24) is 8.57 Å². The predicted molar refractivity (Wildman–Crippen MR) is 144 cm³/mol. The lowest BCUT2D eigenvalue weighted by Gasteiger charge is -2.55. The Hall–Kier alpha value is 0.184. The Labute approximate surface area is 186 Å². The molecule has 3 nitrogen and oxygen atoms in total. The molecular weight excluding hydrogens is 442 g/mol. The van der Waals surface area contributed by atoms with Crippen LogP contribution in [0.25, 0.3) is 0 Å². The zero-order valence-electron chi connectivity index (χ0n) is 22.0. The van der Waals surface area contributed by atoms with Crippen LogP contribution in [-0.2, 0) is 0 Å². The van der Waals surface area contributed by atoms with E-state index in [1.807, 2.05) is 10.9 Å². The summed E-state index contributed by atoms with van der Waals surface area (Å²) in [4.78, 5) is 0. The van der Waals surface area contributed by atoms with Gasteiger partial charge in [0.05, 0.1) is 16.1 Å². The first-order chi connectivity index (χ1) is 12.4. The number of hydrogen-bond donors (Lipinski definition) is 0. The molecule has 2 atom stereocenters. The summed E-state index contributed by atoms with van der Waals surface area (Å²) in [6.45, 7) is 34.6. The van der Waals surface area contributed by atoms with Crippen molar-refractivity contribution in [2.75, 3.05) is 0 Å². The van der Waals surface area contributed by atoms with E-state index in [0.717, 1.165) is 5.70 Å². The van der Waals surface area contributed by atoms with Crippen LogP contribution in [0.1, 0.15) is 20.8 Å².